The molecule has 0 aromatic heterocycles. The molecular weight excluding hydrogens is 284 g/mol. The first kappa shape index (κ1) is 16.3. The van der Waals surface area contributed by atoms with Crippen molar-refractivity contribution in [3.05, 3.63) is 35.9 Å². The SMILES string of the molecule is CN(C(=O)OCc1ccccc1)C1CCCN(CC(=O)O)C1. The van der Waals surface area contributed by atoms with Gasteiger partial charge in [-0.1, -0.05) is 30.3 Å². The highest BCUT2D eigenvalue weighted by atomic mass is 16.6. The molecule has 1 heterocycles. The number of carboxylic acids is 1. The summed E-state index contributed by atoms with van der Waals surface area (Å²) in [6.45, 7) is 1.60. The molecule has 1 fully saturated rings. The fraction of sp³-hybridized carbons (Fsp3) is 0.500. The van der Waals surface area contributed by atoms with E-state index in [9.17, 15) is 9.59 Å². The van der Waals surface area contributed by atoms with Crippen molar-refractivity contribution in [3.63, 3.8) is 0 Å². The fourth-order valence-corrected chi connectivity index (χ4v) is 2.65. The maximum absolute atomic E-state index is 12.1. The van der Waals surface area contributed by atoms with Crippen LogP contribution < -0.4 is 0 Å². The van der Waals surface area contributed by atoms with E-state index in [-0.39, 0.29) is 25.3 Å². The summed E-state index contributed by atoms with van der Waals surface area (Å²) in [6, 6.07) is 9.52. The van der Waals surface area contributed by atoms with Gasteiger partial charge in [-0.3, -0.25) is 9.69 Å². The molecule has 1 aromatic carbocycles. The number of likely N-dealkylation sites (N-methyl/N-ethyl adjacent to an activating group) is 1. The molecule has 1 saturated heterocycles. The largest absolute Gasteiger partial charge is 0.480 e. The molecule has 0 radical (unpaired) electrons. The summed E-state index contributed by atoms with van der Waals surface area (Å²) in [5, 5.41) is 8.86. The molecule has 1 aliphatic heterocycles. The topological polar surface area (TPSA) is 70.1 Å². The first-order valence-electron chi connectivity index (χ1n) is 7.44. The first-order chi connectivity index (χ1) is 10.6. The Morgan fingerprint density at radius 3 is 2.77 bits per heavy atom. The summed E-state index contributed by atoms with van der Waals surface area (Å²) >= 11 is 0. The van der Waals surface area contributed by atoms with E-state index in [0.717, 1.165) is 24.9 Å². The van der Waals surface area contributed by atoms with E-state index in [1.807, 2.05) is 35.2 Å². The number of rotatable bonds is 5. The molecule has 0 bridgehead atoms. The van der Waals surface area contributed by atoms with Gasteiger partial charge in [-0.05, 0) is 24.9 Å². The first-order valence-corrected chi connectivity index (χ1v) is 7.44. The lowest BCUT2D eigenvalue weighted by Gasteiger charge is -2.36. The van der Waals surface area contributed by atoms with Gasteiger partial charge in [0.15, 0.2) is 0 Å². The summed E-state index contributed by atoms with van der Waals surface area (Å²) in [5.74, 6) is -0.838. The lowest BCUT2D eigenvalue weighted by molar-refractivity contribution is -0.138. The number of ether oxygens (including phenoxy) is 1. The highest BCUT2D eigenvalue weighted by Crippen LogP contribution is 2.16. The monoisotopic (exact) mass is 306 g/mol. The van der Waals surface area contributed by atoms with E-state index in [1.54, 1.807) is 11.9 Å². The predicted molar refractivity (Wildman–Crippen MR) is 81.5 cm³/mol. The summed E-state index contributed by atoms with van der Waals surface area (Å²) < 4.78 is 5.31. The van der Waals surface area contributed by atoms with Crippen LogP contribution in [-0.4, -0.2) is 59.7 Å². The Labute approximate surface area is 130 Å². The van der Waals surface area contributed by atoms with Crippen molar-refractivity contribution in [2.75, 3.05) is 26.7 Å². The Morgan fingerprint density at radius 1 is 1.36 bits per heavy atom. The van der Waals surface area contributed by atoms with Gasteiger partial charge >= 0.3 is 12.1 Å². The van der Waals surface area contributed by atoms with Crippen LogP contribution in [0.2, 0.25) is 0 Å². The van der Waals surface area contributed by atoms with Gasteiger partial charge in [-0.25, -0.2) is 4.79 Å². The number of amides is 1. The molecule has 1 aliphatic rings. The molecule has 1 atom stereocenters. The molecule has 1 unspecified atom stereocenters. The molecule has 1 amide bonds. The molecule has 0 spiro atoms. The highest BCUT2D eigenvalue weighted by Gasteiger charge is 2.27. The molecule has 0 aliphatic carbocycles. The van der Waals surface area contributed by atoms with Crippen LogP contribution in [0.1, 0.15) is 18.4 Å². The van der Waals surface area contributed by atoms with Crippen LogP contribution in [-0.2, 0) is 16.1 Å². The van der Waals surface area contributed by atoms with Crippen LogP contribution in [0, 0.1) is 0 Å². The molecule has 1 N–H and O–H groups in total. The number of likely N-dealkylation sites (tertiary alicyclic amines) is 1. The zero-order valence-corrected chi connectivity index (χ0v) is 12.8. The average molecular weight is 306 g/mol. The van der Waals surface area contributed by atoms with Crippen molar-refractivity contribution in [1.82, 2.24) is 9.80 Å². The molecule has 22 heavy (non-hydrogen) atoms. The highest BCUT2D eigenvalue weighted by molar-refractivity contribution is 5.69. The molecule has 6 heteroatoms. The van der Waals surface area contributed by atoms with Crippen LogP contribution in [0.4, 0.5) is 4.79 Å². The van der Waals surface area contributed by atoms with Crippen molar-refractivity contribution in [3.8, 4) is 0 Å². The zero-order chi connectivity index (χ0) is 15.9. The maximum Gasteiger partial charge on any atom is 0.410 e. The number of hydrogen-bond donors (Lipinski definition) is 1. The van der Waals surface area contributed by atoms with Crippen molar-refractivity contribution in [1.29, 1.82) is 0 Å². The maximum atomic E-state index is 12.1. The van der Waals surface area contributed by atoms with Crippen LogP contribution in [0.15, 0.2) is 30.3 Å². The third kappa shape index (κ3) is 4.73. The summed E-state index contributed by atoms with van der Waals surface area (Å²) in [4.78, 5) is 26.3. The Bertz CT molecular complexity index is 506. The number of carbonyl (C=O) groups is 2. The van der Waals surface area contributed by atoms with Crippen LogP contribution in [0.3, 0.4) is 0 Å². The van der Waals surface area contributed by atoms with Crippen molar-refractivity contribution in [2.45, 2.75) is 25.5 Å². The molecule has 2 rings (SSSR count). The minimum Gasteiger partial charge on any atom is -0.480 e. The zero-order valence-electron chi connectivity index (χ0n) is 12.8. The number of benzene rings is 1. The average Bonchev–Trinajstić information content (AvgIpc) is 2.52. The van der Waals surface area contributed by atoms with E-state index < -0.39 is 5.97 Å². The fourth-order valence-electron chi connectivity index (χ4n) is 2.65. The summed E-state index contributed by atoms with van der Waals surface area (Å²) in [6.07, 6.45) is 1.38. The number of aliphatic carboxylic acids is 1. The number of piperidine rings is 1. The van der Waals surface area contributed by atoms with Crippen LogP contribution >= 0.6 is 0 Å². The second-order valence-electron chi connectivity index (χ2n) is 5.58. The molecule has 6 nitrogen and oxygen atoms in total. The van der Waals surface area contributed by atoms with E-state index in [2.05, 4.69) is 0 Å². The van der Waals surface area contributed by atoms with Gasteiger partial charge in [0, 0.05) is 19.6 Å². The minimum atomic E-state index is -0.838. The lowest BCUT2D eigenvalue weighted by Crippen LogP contribution is -2.49. The Morgan fingerprint density at radius 2 is 2.09 bits per heavy atom. The predicted octanol–water partition coefficient (Wildman–Crippen LogP) is 1.80. The number of nitrogens with zero attached hydrogens (tertiary/aromatic N) is 2. The third-order valence-electron chi connectivity index (χ3n) is 3.88. The molecule has 1 aromatic rings. The van der Waals surface area contributed by atoms with Gasteiger partial charge in [-0.2, -0.15) is 0 Å². The third-order valence-corrected chi connectivity index (χ3v) is 3.88. The molecule has 0 saturated carbocycles. The minimum absolute atomic E-state index is 0.00336. The quantitative estimate of drug-likeness (QED) is 0.898. The van der Waals surface area contributed by atoms with Gasteiger partial charge in [0.1, 0.15) is 6.61 Å². The van der Waals surface area contributed by atoms with Gasteiger partial charge in [0.2, 0.25) is 0 Å². The van der Waals surface area contributed by atoms with Gasteiger partial charge in [-0.15, -0.1) is 0 Å². The van der Waals surface area contributed by atoms with Gasteiger partial charge < -0.3 is 14.7 Å². The second-order valence-corrected chi connectivity index (χ2v) is 5.58. The number of carbonyl (C=O) groups excluding carboxylic acids is 1. The number of carboxylic acid groups (broad SMARTS) is 1. The standard InChI is InChI=1S/C16H22N2O4/c1-17(14-8-5-9-18(10-14)11-15(19)20)16(21)22-12-13-6-3-2-4-7-13/h2-4,6-7,14H,5,8-12H2,1H3,(H,19,20). The van der Waals surface area contributed by atoms with Crippen molar-refractivity contribution >= 4 is 12.1 Å². The Balaban J connectivity index is 1.83. The van der Waals surface area contributed by atoms with Crippen LogP contribution in [0.5, 0.6) is 0 Å². The second kappa shape index (κ2) is 7.79. The van der Waals surface area contributed by atoms with E-state index in [1.165, 1.54) is 0 Å². The smallest absolute Gasteiger partial charge is 0.410 e. The van der Waals surface area contributed by atoms with Crippen LogP contribution in [0.25, 0.3) is 0 Å². The van der Waals surface area contributed by atoms with E-state index in [0.29, 0.717) is 6.54 Å². The van der Waals surface area contributed by atoms with Gasteiger partial charge in [0.05, 0.1) is 6.54 Å². The van der Waals surface area contributed by atoms with E-state index >= 15 is 0 Å². The number of hydrogen-bond acceptors (Lipinski definition) is 4. The Hall–Kier alpha value is -2.08. The Kier molecular flexibility index (Phi) is 5.77. The molecule has 120 valence electrons. The summed E-state index contributed by atoms with van der Waals surface area (Å²) in [5.41, 5.74) is 0.945. The lowest BCUT2D eigenvalue weighted by atomic mass is 10.0. The van der Waals surface area contributed by atoms with Crippen molar-refractivity contribution < 1.29 is 19.4 Å². The van der Waals surface area contributed by atoms with Crippen molar-refractivity contribution in [2.24, 2.45) is 0 Å². The molecular formula is C16H22N2O4. The summed E-state index contributed by atoms with van der Waals surface area (Å²) in [7, 11) is 1.71. The van der Waals surface area contributed by atoms with Gasteiger partial charge in [0.25, 0.3) is 0 Å². The normalized spacial score (nSPS) is 18.7. The van der Waals surface area contributed by atoms with E-state index in [4.69, 9.17) is 9.84 Å².